The number of non-ortho nitro benzene ring substituents is 1. The minimum atomic E-state index is -0.477. The van der Waals surface area contributed by atoms with E-state index in [0.29, 0.717) is 37.7 Å². The van der Waals surface area contributed by atoms with Crippen LogP contribution in [-0.2, 0) is 16.1 Å². The van der Waals surface area contributed by atoms with Crippen LogP contribution in [0, 0.1) is 10.1 Å². The highest BCUT2D eigenvalue weighted by molar-refractivity contribution is 5.75. The summed E-state index contributed by atoms with van der Waals surface area (Å²) in [5.74, 6) is 0.218. The molecule has 0 radical (unpaired) electrons. The molecule has 0 aliphatic carbocycles. The zero-order chi connectivity index (χ0) is 16.2. The van der Waals surface area contributed by atoms with Gasteiger partial charge in [-0.1, -0.05) is 0 Å². The van der Waals surface area contributed by atoms with Crippen LogP contribution in [-0.4, -0.2) is 62.2 Å². The summed E-state index contributed by atoms with van der Waals surface area (Å²) in [6.07, 6.45) is 0. The molecule has 0 bridgehead atoms. The van der Waals surface area contributed by atoms with Crippen LogP contribution in [0.4, 0.5) is 5.69 Å². The van der Waals surface area contributed by atoms with Gasteiger partial charge in [-0.05, 0) is 17.3 Å². The van der Waals surface area contributed by atoms with Crippen LogP contribution in [0.5, 0.6) is 0 Å². The summed E-state index contributed by atoms with van der Waals surface area (Å²) in [5, 5.41) is 22.5. The summed E-state index contributed by atoms with van der Waals surface area (Å²) in [4.78, 5) is 25.2. The number of tetrazole rings is 1. The lowest BCUT2D eigenvalue weighted by molar-refractivity contribution is -0.384. The highest BCUT2D eigenvalue weighted by atomic mass is 16.6. The third kappa shape index (κ3) is 3.48. The molecule has 1 fully saturated rings. The summed E-state index contributed by atoms with van der Waals surface area (Å²) in [5.41, 5.74) is 0.587. The minimum absolute atomic E-state index is 0.0000185. The Balaban J connectivity index is 1.67. The maximum absolute atomic E-state index is 12.1. The predicted molar refractivity (Wildman–Crippen MR) is 77.3 cm³/mol. The van der Waals surface area contributed by atoms with Crippen molar-refractivity contribution < 1.29 is 14.5 Å². The molecule has 1 aliphatic rings. The summed E-state index contributed by atoms with van der Waals surface area (Å²) < 4.78 is 5.20. The Morgan fingerprint density at radius 2 is 1.96 bits per heavy atom. The number of nitrogens with zero attached hydrogens (tertiary/aromatic N) is 6. The fraction of sp³-hybridized carbons (Fsp3) is 0.385. The van der Waals surface area contributed by atoms with Gasteiger partial charge in [0.15, 0.2) is 0 Å². The molecule has 0 saturated carbocycles. The fourth-order valence-corrected chi connectivity index (χ4v) is 2.19. The Morgan fingerprint density at radius 3 is 2.61 bits per heavy atom. The van der Waals surface area contributed by atoms with Crippen LogP contribution in [0.25, 0.3) is 11.4 Å². The number of aromatic nitrogens is 4. The van der Waals surface area contributed by atoms with Gasteiger partial charge >= 0.3 is 0 Å². The van der Waals surface area contributed by atoms with Crippen LogP contribution in [0.2, 0.25) is 0 Å². The topological polar surface area (TPSA) is 116 Å². The average Bonchev–Trinajstić information content (AvgIpc) is 3.04. The number of nitro benzene ring substituents is 1. The highest BCUT2D eigenvalue weighted by Gasteiger charge is 2.18. The third-order valence-electron chi connectivity index (χ3n) is 3.43. The van der Waals surface area contributed by atoms with E-state index in [1.54, 1.807) is 17.0 Å². The second-order valence-electron chi connectivity index (χ2n) is 4.94. The third-order valence-corrected chi connectivity index (χ3v) is 3.43. The zero-order valence-corrected chi connectivity index (χ0v) is 12.2. The Hall–Kier alpha value is -2.88. The molecule has 0 atom stereocenters. The molecule has 10 heteroatoms. The molecule has 1 saturated heterocycles. The molecule has 0 N–H and O–H groups in total. The summed E-state index contributed by atoms with van der Waals surface area (Å²) in [6, 6.07) is 5.83. The second kappa shape index (κ2) is 6.48. The standard InChI is InChI=1S/C13H14N6O4/c20-12(17-5-7-23-8-6-17)9-18-15-13(14-16-18)10-1-3-11(4-2-10)19(21)22/h1-4H,5-9H2. The van der Waals surface area contributed by atoms with E-state index in [4.69, 9.17) is 4.74 Å². The number of morpholine rings is 1. The maximum atomic E-state index is 12.1. The molecule has 1 aromatic carbocycles. The van der Waals surface area contributed by atoms with Crippen LogP contribution < -0.4 is 0 Å². The SMILES string of the molecule is O=C(Cn1nnc(-c2ccc([N+](=O)[O-])cc2)n1)N1CCOCC1. The van der Waals surface area contributed by atoms with Gasteiger partial charge in [0.05, 0.1) is 18.1 Å². The second-order valence-corrected chi connectivity index (χ2v) is 4.94. The van der Waals surface area contributed by atoms with E-state index in [-0.39, 0.29) is 18.1 Å². The van der Waals surface area contributed by atoms with Crippen molar-refractivity contribution in [2.45, 2.75) is 6.54 Å². The van der Waals surface area contributed by atoms with E-state index in [0.717, 1.165) is 0 Å². The fourth-order valence-electron chi connectivity index (χ4n) is 2.19. The van der Waals surface area contributed by atoms with Crippen LogP contribution in [0.1, 0.15) is 0 Å². The van der Waals surface area contributed by atoms with Crippen molar-refractivity contribution in [1.82, 2.24) is 25.1 Å². The van der Waals surface area contributed by atoms with E-state index in [9.17, 15) is 14.9 Å². The van der Waals surface area contributed by atoms with Gasteiger partial charge in [0.25, 0.3) is 5.69 Å². The molecule has 1 amide bonds. The Labute approximate surface area is 130 Å². The normalized spacial score (nSPS) is 14.7. The minimum Gasteiger partial charge on any atom is -0.378 e. The van der Waals surface area contributed by atoms with Gasteiger partial charge in [0.2, 0.25) is 11.7 Å². The van der Waals surface area contributed by atoms with E-state index >= 15 is 0 Å². The van der Waals surface area contributed by atoms with Crippen molar-refractivity contribution in [3.05, 3.63) is 34.4 Å². The molecule has 120 valence electrons. The van der Waals surface area contributed by atoms with Crippen molar-refractivity contribution >= 4 is 11.6 Å². The number of hydrogen-bond acceptors (Lipinski definition) is 7. The Morgan fingerprint density at radius 1 is 1.26 bits per heavy atom. The molecule has 23 heavy (non-hydrogen) atoms. The van der Waals surface area contributed by atoms with E-state index < -0.39 is 4.92 Å². The van der Waals surface area contributed by atoms with Crippen molar-refractivity contribution in [2.24, 2.45) is 0 Å². The van der Waals surface area contributed by atoms with Gasteiger partial charge in [-0.2, -0.15) is 4.80 Å². The number of hydrogen-bond donors (Lipinski definition) is 0. The molecule has 3 rings (SSSR count). The van der Waals surface area contributed by atoms with Crippen LogP contribution >= 0.6 is 0 Å². The lowest BCUT2D eigenvalue weighted by atomic mass is 10.2. The van der Waals surface area contributed by atoms with Crippen LogP contribution in [0.15, 0.2) is 24.3 Å². The van der Waals surface area contributed by atoms with E-state index in [1.807, 2.05) is 0 Å². The average molecular weight is 318 g/mol. The lowest BCUT2D eigenvalue weighted by Crippen LogP contribution is -2.42. The Kier molecular flexibility index (Phi) is 4.24. The highest BCUT2D eigenvalue weighted by Crippen LogP contribution is 2.18. The van der Waals surface area contributed by atoms with Gasteiger partial charge in [0.1, 0.15) is 6.54 Å². The molecule has 2 heterocycles. The number of carbonyl (C=O) groups is 1. The zero-order valence-electron chi connectivity index (χ0n) is 12.2. The molecular weight excluding hydrogens is 304 g/mol. The van der Waals surface area contributed by atoms with Crippen molar-refractivity contribution in [1.29, 1.82) is 0 Å². The number of carbonyl (C=O) groups excluding carboxylic acids is 1. The number of nitro groups is 1. The molecule has 2 aromatic rings. The monoisotopic (exact) mass is 318 g/mol. The van der Waals surface area contributed by atoms with Gasteiger partial charge in [0, 0.05) is 30.8 Å². The molecular formula is C13H14N6O4. The molecule has 1 aliphatic heterocycles. The smallest absolute Gasteiger partial charge is 0.269 e. The predicted octanol–water partition coefficient (Wildman–Crippen LogP) is 0.107. The molecule has 10 nitrogen and oxygen atoms in total. The van der Waals surface area contributed by atoms with Gasteiger partial charge in [-0.25, -0.2) is 0 Å². The first-order valence-corrected chi connectivity index (χ1v) is 7.01. The first-order valence-electron chi connectivity index (χ1n) is 7.01. The van der Waals surface area contributed by atoms with Crippen molar-refractivity contribution in [2.75, 3.05) is 26.3 Å². The van der Waals surface area contributed by atoms with E-state index in [1.165, 1.54) is 16.9 Å². The quantitative estimate of drug-likeness (QED) is 0.580. The largest absolute Gasteiger partial charge is 0.378 e. The summed E-state index contributed by atoms with van der Waals surface area (Å²) in [7, 11) is 0. The Bertz CT molecular complexity index is 708. The van der Waals surface area contributed by atoms with Crippen molar-refractivity contribution in [3.8, 4) is 11.4 Å². The van der Waals surface area contributed by atoms with Crippen LogP contribution in [0.3, 0.4) is 0 Å². The molecule has 1 aromatic heterocycles. The van der Waals surface area contributed by atoms with Gasteiger partial charge < -0.3 is 9.64 Å². The number of benzene rings is 1. The first-order chi connectivity index (χ1) is 11.1. The summed E-state index contributed by atoms with van der Waals surface area (Å²) in [6.45, 7) is 2.18. The maximum Gasteiger partial charge on any atom is 0.269 e. The molecule has 0 spiro atoms. The number of amides is 1. The van der Waals surface area contributed by atoms with Gasteiger partial charge in [-0.15, -0.1) is 10.2 Å². The first kappa shape index (κ1) is 15.0. The number of rotatable bonds is 4. The van der Waals surface area contributed by atoms with Gasteiger partial charge in [-0.3, -0.25) is 14.9 Å². The summed E-state index contributed by atoms with van der Waals surface area (Å²) >= 11 is 0. The van der Waals surface area contributed by atoms with E-state index in [2.05, 4.69) is 15.4 Å². The number of ether oxygens (including phenoxy) is 1. The lowest BCUT2D eigenvalue weighted by Gasteiger charge is -2.26. The van der Waals surface area contributed by atoms with Crippen molar-refractivity contribution in [3.63, 3.8) is 0 Å². The molecule has 0 unspecified atom stereocenters.